The van der Waals surface area contributed by atoms with E-state index in [0.29, 0.717) is 21.9 Å². The van der Waals surface area contributed by atoms with Crippen molar-refractivity contribution in [2.75, 3.05) is 22.7 Å². The first-order chi connectivity index (χ1) is 13.3. The predicted octanol–water partition coefficient (Wildman–Crippen LogP) is 4.98. The molecule has 0 unspecified atom stereocenters. The minimum absolute atomic E-state index is 0.249. The van der Waals surface area contributed by atoms with E-state index >= 15 is 0 Å². The van der Waals surface area contributed by atoms with Gasteiger partial charge < -0.3 is 9.42 Å². The normalized spacial score (nSPS) is 11.6. The summed E-state index contributed by atoms with van der Waals surface area (Å²) in [7, 11) is -3.79. The van der Waals surface area contributed by atoms with E-state index in [-0.39, 0.29) is 4.90 Å². The summed E-state index contributed by atoms with van der Waals surface area (Å²) < 4.78 is 34.5. The van der Waals surface area contributed by atoms with E-state index in [9.17, 15) is 8.42 Å². The number of aromatic nitrogens is 1. The second-order valence-electron chi connectivity index (χ2n) is 6.57. The Morgan fingerprint density at radius 1 is 1.11 bits per heavy atom. The Labute approximate surface area is 170 Å². The molecule has 28 heavy (non-hydrogen) atoms. The number of sulfonamides is 1. The second kappa shape index (κ2) is 7.97. The Bertz CT molecular complexity index is 1070. The number of aryl methyl sites for hydroxylation is 3. The van der Waals surface area contributed by atoms with Crippen LogP contribution in [0.25, 0.3) is 11.3 Å². The highest BCUT2D eigenvalue weighted by atomic mass is 32.2. The van der Waals surface area contributed by atoms with Gasteiger partial charge in [-0.25, -0.2) is 8.42 Å². The summed E-state index contributed by atoms with van der Waals surface area (Å²) in [6.07, 6.45) is 1.52. The average Bonchev–Trinajstić information content (AvgIpc) is 3.25. The molecule has 8 heteroatoms. The summed E-state index contributed by atoms with van der Waals surface area (Å²) in [5.74, 6) is 0.454. The van der Waals surface area contributed by atoms with Gasteiger partial charge in [0, 0.05) is 34.6 Å². The van der Waals surface area contributed by atoms with Crippen LogP contribution in [0.4, 0.5) is 11.4 Å². The van der Waals surface area contributed by atoms with Crippen molar-refractivity contribution in [3.63, 3.8) is 0 Å². The minimum Gasteiger partial charge on any atom is -0.372 e. The summed E-state index contributed by atoms with van der Waals surface area (Å²) >= 11 is 1.43. The van der Waals surface area contributed by atoms with Gasteiger partial charge in [-0.05, 0) is 58.4 Å². The molecule has 2 heterocycles. The molecule has 0 fully saturated rings. The minimum atomic E-state index is -3.79. The van der Waals surface area contributed by atoms with Crippen LogP contribution >= 0.6 is 11.3 Å². The predicted molar refractivity (Wildman–Crippen MR) is 115 cm³/mol. The van der Waals surface area contributed by atoms with Crippen molar-refractivity contribution in [3.8, 4) is 11.3 Å². The van der Waals surface area contributed by atoms with Crippen LogP contribution in [0.5, 0.6) is 0 Å². The van der Waals surface area contributed by atoms with Gasteiger partial charge in [-0.3, -0.25) is 4.72 Å². The van der Waals surface area contributed by atoms with E-state index in [1.54, 1.807) is 6.07 Å². The first kappa shape index (κ1) is 20.4. The molecule has 1 N–H and O–H groups in total. The number of hydrogen-bond donors (Lipinski definition) is 1. The number of nitrogens with zero attached hydrogens (tertiary/aromatic N) is 2. The number of anilines is 2. The lowest BCUT2D eigenvalue weighted by atomic mass is 10.1. The molecule has 0 spiro atoms. The van der Waals surface area contributed by atoms with Crippen molar-refractivity contribution >= 4 is 32.7 Å². The summed E-state index contributed by atoms with van der Waals surface area (Å²) in [6, 6.07) is 7.45. The summed E-state index contributed by atoms with van der Waals surface area (Å²) in [4.78, 5) is 4.07. The van der Waals surface area contributed by atoms with Gasteiger partial charge in [0.2, 0.25) is 0 Å². The zero-order valence-electron chi connectivity index (χ0n) is 16.7. The average molecular weight is 420 g/mol. The van der Waals surface area contributed by atoms with E-state index < -0.39 is 10.0 Å². The van der Waals surface area contributed by atoms with Gasteiger partial charge in [0.1, 0.15) is 4.90 Å². The third kappa shape index (κ3) is 3.79. The number of thiophene rings is 1. The smallest absolute Gasteiger partial charge is 0.263 e. The quantitative estimate of drug-likeness (QED) is 0.585. The maximum atomic E-state index is 13.3. The lowest BCUT2D eigenvalue weighted by Gasteiger charge is -2.22. The molecule has 0 aliphatic heterocycles. The topological polar surface area (TPSA) is 75.4 Å². The summed E-state index contributed by atoms with van der Waals surface area (Å²) in [6.45, 7) is 11.6. The standard InChI is InChI=1S/C20H25N3O3S2/c1-6-23(7-2)16-8-9-17(13(3)12-16)22-28(24,25)20-15(5)27-14(4)19(20)18-10-11-21-26-18/h8-12,22H,6-7H2,1-5H3. The molecule has 0 bridgehead atoms. The fourth-order valence-electron chi connectivity index (χ4n) is 3.36. The second-order valence-corrected chi connectivity index (χ2v) is 9.62. The van der Waals surface area contributed by atoms with E-state index in [1.807, 2.05) is 39.0 Å². The van der Waals surface area contributed by atoms with Crippen LogP contribution in [0.1, 0.15) is 29.2 Å². The third-order valence-electron chi connectivity index (χ3n) is 4.74. The van der Waals surface area contributed by atoms with Crippen LogP contribution in [-0.2, 0) is 10.0 Å². The molecule has 0 saturated heterocycles. The lowest BCUT2D eigenvalue weighted by molar-refractivity contribution is 0.431. The fraction of sp³-hybridized carbons (Fsp3) is 0.350. The molecule has 150 valence electrons. The SMILES string of the molecule is CCN(CC)c1ccc(NS(=O)(=O)c2c(C)sc(C)c2-c2ccno2)c(C)c1. The molecule has 0 atom stereocenters. The molecule has 1 aromatic carbocycles. The Kier molecular flexibility index (Phi) is 5.81. The summed E-state index contributed by atoms with van der Waals surface area (Å²) in [5, 5.41) is 3.72. The zero-order valence-corrected chi connectivity index (χ0v) is 18.4. The monoisotopic (exact) mass is 419 g/mol. The maximum absolute atomic E-state index is 13.3. The first-order valence-corrected chi connectivity index (χ1v) is 11.5. The first-order valence-electron chi connectivity index (χ1n) is 9.18. The molecular weight excluding hydrogens is 394 g/mol. The van der Waals surface area contributed by atoms with Gasteiger partial charge >= 0.3 is 0 Å². The maximum Gasteiger partial charge on any atom is 0.263 e. The largest absolute Gasteiger partial charge is 0.372 e. The van der Waals surface area contributed by atoms with Crippen LogP contribution in [0.2, 0.25) is 0 Å². The van der Waals surface area contributed by atoms with Gasteiger partial charge in [-0.15, -0.1) is 11.3 Å². The molecule has 0 amide bonds. The Morgan fingerprint density at radius 2 is 1.82 bits per heavy atom. The number of benzene rings is 1. The Hall–Kier alpha value is -2.32. The van der Waals surface area contributed by atoms with E-state index in [1.165, 1.54) is 17.5 Å². The van der Waals surface area contributed by atoms with Gasteiger partial charge in [0.15, 0.2) is 5.76 Å². The van der Waals surface area contributed by atoms with E-state index in [4.69, 9.17) is 4.52 Å². The van der Waals surface area contributed by atoms with Gasteiger partial charge in [-0.2, -0.15) is 0 Å². The van der Waals surface area contributed by atoms with Crippen LogP contribution in [0.3, 0.4) is 0 Å². The molecule has 3 rings (SSSR count). The molecule has 0 saturated carbocycles. The Balaban J connectivity index is 2.00. The van der Waals surface area contributed by atoms with Gasteiger partial charge in [0.25, 0.3) is 10.0 Å². The molecule has 2 aromatic heterocycles. The highest BCUT2D eigenvalue weighted by Gasteiger charge is 2.28. The molecule has 0 radical (unpaired) electrons. The molecule has 3 aromatic rings. The molecular formula is C20H25N3O3S2. The van der Waals surface area contributed by atoms with E-state index in [0.717, 1.165) is 29.2 Å². The van der Waals surface area contributed by atoms with Crippen molar-refractivity contribution in [2.24, 2.45) is 0 Å². The van der Waals surface area contributed by atoms with E-state index in [2.05, 4.69) is 28.6 Å². The van der Waals surface area contributed by atoms with Gasteiger partial charge in [-0.1, -0.05) is 5.16 Å². The van der Waals surface area contributed by atoms with Crippen LogP contribution in [-0.4, -0.2) is 26.7 Å². The lowest BCUT2D eigenvalue weighted by Crippen LogP contribution is -2.22. The van der Waals surface area contributed by atoms with Crippen molar-refractivity contribution in [1.82, 2.24) is 5.16 Å². The molecule has 6 nitrogen and oxygen atoms in total. The molecule has 0 aliphatic rings. The van der Waals surface area contributed by atoms with Crippen molar-refractivity contribution < 1.29 is 12.9 Å². The van der Waals surface area contributed by atoms with Crippen molar-refractivity contribution in [3.05, 3.63) is 45.8 Å². The highest BCUT2D eigenvalue weighted by molar-refractivity contribution is 7.93. The fourth-order valence-corrected chi connectivity index (χ4v) is 6.36. The number of rotatable bonds is 7. The van der Waals surface area contributed by atoms with Crippen molar-refractivity contribution in [2.45, 2.75) is 39.5 Å². The van der Waals surface area contributed by atoms with Crippen LogP contribution in [0.15, 0.2) is 39.9 Å². The highest BCUT2D eigenvalue weighted by Crippen LogP contribution is 2.39. The Morgan fingerprint density at radius 3 is 2.39 bits per heavy atom. The van der Waals surface area contributed by atoms with Crippen LogP contribution < -0.4 is 9.62 Å². The number of nitrogens with one attached hydrogen (secondary N) is 1. The third-order valence-corrected chi connectivity index (χ3v) is 7.43. The van der Waals surface area contributed by atoms with Crippen molar-refractivity contribution in [1.29, 1.82) is 0 Å². The zero-order chi connectivity index (χ0) is 20.5. The number of hydrogen-bond acceptors (Lipinski definition) is 6. The summed E-state index contributed by atoms with van der Waals surface area (Å²) in [5.41, 5.74) is 3.10. The van der Waals surface area contributed by atoms with Gasteiger partial charge in [0.05, 0.1) is 17.4 Å². The molecule has 0 aliphatic carbocycles. The van der Waals surface area contributed by atoms with Crippen LogP contribution in [0, 0.1) is 20.8 Å².